The molecule has 28 heavy (non-hydrogen) atoms. The summed E-state index contributed by atoms with van der Waals surface area (Å²) in [7, 11) is 0. The van der Waals surface area contributed by atoms with Crippen molar-refractivity contribution in [3.8, 4) is 5.75 Å². The number of hydrogen-bond acceptors (Lipinski definition) is 4. The molecule has 5 nitrogen and oxygen atoms in total. The third-order valence-electron chi connectivity index (χ3n) is 5.74. The minimum Gasteiger partial charge on any atom is -0.494 e. The highest BCUT2D eigenvalue weighted by atomic mass is 16.5. The summed E-state index contributed by atoms with van der Waals surface area (Å²) in [6.45, 7) is 5.79. The average Bonchev–Trinajstić information content (AvgIpc) is 2.77. The van der Waals surface area contributed by atoms with Crippen molar-refractivity contribution in [2.45, 2.75) is 38.6 Å². The quantitative estimate of drug-likeness (QED) is 0.721. The van der Waals surface area contributed by atoms with Crippen LogP contribution in [0.1, 0.15) is 47.2 Å². The maximum absolute atomic E-state index is 12.7. The van der Waals surface area contributed by atoms with Crippen LogP contribution in [-0.4, -0.2) is 53.5 Å². The van der Waals surface area contributed by atoms with Gasteiger partial charge in [-0.3, -0.25) is 9.78 Å². The Hall–Kier alpha value is -2.40. The van der Waals surface area contributed by atoms with Crippen LogP contribution in [0.25, 0.3) is 0 Å². The van der Waals surface area contributed by atoms with Crippen LogP contribution < -0.4 is 4.74 Å². The highest BCUT2D eigenvalue weighted by Gasteiger charge is 2.22. The standard InChI is InChI=1S/C23H29N3O2/c27-23(19-7-10-24-11-8-19)26-15-9-20-17-22(6-5-21(20)18-26)28-16-4-14-25-12-2-1-3-13-25/h5-8,10-11,17H,1-4,9,12-16,18H2. The number of benzene rings is 1. The molecule has 1 fully saturated rings. The summed E-state index contributed by atoms with van der Waals surface area (Å²) in [4.78, 5) is 21.1. The molecule has 1 saturated heterocycles. The molecule has 1 amide bonds. The lowest BCUT2D eigenvalue weighted by Crippen LogP contribution is -2.35. The molecule has 0 N–H and O–H groups in total. The average molecular weight is 380 g/mol. The number of carbonyl (C=O) groups is 1. The fourth-order valence-electron chi connectivity index (χ4n) is 4.13. The van der Waals surface area contributed by atoms with E-state index in [9.17, 15) is 4.79 Å². The first-order chi connectivity index (χ1) is 13.8. The van der Waals surface area contributed by atoms with E-state index in [2.05, 4.69) is 22.0 Å². The fraction of sp³-hybridized carbons (Fsp3) is 0.478. The van der Waals surface area contributed by atoms with E-state index in [1.165, 1.54) is 43.5 Å². The first-order valence-electron chi connectivity index (χ1n) is 10.5. The third-order valence-corrected chi connectivity index (χ3v) is 5.74. The number of amides is 1. The molecule has 0 saturated carbocycles. The molecule has 0 spiro atoms. The van der Waals surface area contributed by atoms with E-state index < -0.39 is 0 Å². The topological polar surface area (TPSA) is 45.7 Å². The van der Waals surface area contributed by atoms with Crippen molar-refractivity contribution in [2.75, 3.05) is 32.8 Å². The molecule has 1 aromatic heterocycles. The number of piperidine rings is 1. The lowest BCUT2D eigenvalue weighted by atomic mass is 9.99. The summed E-state index contributed by atoms with van der Waals surface area (Å²) in [6.07, 6.45) is 9.34. The second-order valence-electron chi connectivity index (χ2n) is 7.75. The number of pyridine rings is 1. The van der Waals surface area contributed by atoms with Gasteiger partial charge in [0.15, 0.2) is 0 Å². The highest BCUT2D eigenvalue weighted by molar-refractivity contribution is 5.94. The van der Waals surface area contributed by atoms with Crippen LogP contribution in [0.3, 0.4) is 0 Å². The van der Waals surface area contributed by atoms with Crippen LogP contribution in [-0.2, 0) is 13.0 Å². The second-order valence-corrected chi connectivity index (χ2v) is 7.75. The first-order valence-corrected chi connectivity index (χ1v) is 10.5. The van der Waals surface area contributed by atoms with Crippen molar-refractivity contribution in [1.82, 2.24) is 14.8 Å². The van der Waals surface area contributed by atoms with E-state index in [1.807, 2.05) is 11.0 Å². The fourth-order valence-corrected chi connectivity index (χ4v) is 4.13. The molecule has 1 aromatic carbocycles. The van der Waals surface area contributed by atoms with E-state index in [-0.39, 0.29) is 5.91 Å². The van der Waals surface area contributed by atoms with Crippen molar-refractivity contribution in [1.29, 1.82) is 0 Å². The van der Waals surface area contributed by atoms with E-state index >= 15 is 0 Å². The van der Waals surface area contributed by atoms with Crippen LogP contribution in [0.5, 0.6) is 5.75 Å². The van der Waals surface area contributed by atoms with Gasteiger partial charge in [0.05, 0.1) is 6.61 Å². The number of rotatable bonds is 6. The molecule has 2 aromatic rings. The van der Waals surface area contributed by atoms with Gasteiger partial charge in [-0.2, -0.15) is 0 Å². The monoisotopic (exact) mass is 379 g/mol. The Kier molecular flexibility index (Phi) is 6.22. The molecule has 4 rings (SSSR count). The molecular formula is C23H29N3O2. The van der Waals surface area contributed by atoms with Crippen LogP contribution in [0.15, 0.2) is 42.7 Å². The minimum absolute atomic E-state index is 0.0751. The summed E-state index contributed by atoms with van der Waals surface area (Å²) in [5.74, 6) is 1.03. The Morgan fingerprint density at radius 2 is 1.82 bits per heavy atom. The number of ether oxygens (including phenoxy) is 1. The molecule has 0 atom stereocenters. The van der Waals surface area contributed by atoms with Crippen LogP contribution in [0.4, 0.5) is 0 Å². The molecular weight excluding hydrogens is 350 g/mol. The Labute approximate surface area is 167 Å². The van der Waals surface area contributed by atoms with Crippen LogP contribution in [0.2, 0.25) is 0 Å². The molecule has 0 bridgehead atoms. The number of hydrogen-bond donors (Lipinski definition) is 0. The maximum Gasteiger partial charge on any atom is 0.254 e. The van der Waals surface area contributed by atoms with Crippen molar-refractivity contribution in [3.63, 3.8) is 0 Å². The van der Waals surface area contributed by atoms with Gasteiger partial charge in [0.25, 0.3) is 5.91 Å². The largest absolute Gasteiger partial charge is 0.494 e. The summed E-state index contributed by atoms with van der Waals surface area (Å²) < 4.78 is 5.99. The van der Waals surface area contributed by atoms with Gasteiger partial charge in [-0.25, -0.2) is 0 Å². The van der Waals surface area contributed by atoms with Gasteiger partial charge in [-0.15, -0.1) is 0 Å². The van der Waals surface area contributed by atoms with E-state index in [0.717, 1.165) is 38.3 Å². The summed E-state index contributed by atoms with van der Waals surface area (Å²) in [5, 5.41) is 0. The summed E-state index contributed by atoms with van der Waals surface area (Å²) in [6, 6.07) is 9.86. The molecule has 5 heteroatoms. The SMILES string of the molecule is O=C(c1ccncc1)N1CCc2cc(OCCCN3CCCCC3)ccc2C1. The lowest BCUT2D eigenvalue weighted by Gasteiger charge is -2.29. The third kappa shape index (κ3) is 4.71. The number of fused-ring (bicyclic) bond motifs is 1. The van der Waals surface area contributed by atoms with Gasteiger partial charge in [0.1, 0.15) is 5.75 Å². The predicted molar refractivity (Wildman–Crippen MR) is 110 cm³/mol. The van der Waals surface area contributed by atoms with Gasteiger partial charge >= 0.3 is 0 Å². The number of nitrogens with zero attached hydrogens (tertiary/aromatic N) is 3. The zero-order valence-corrected chi connectivity index (χ0v) is 16.5. The van der Waals surface area contributed by atoms with Crippen molar-refractivity contribution in [3.05, 3.63) is 59.4 Å². The van der Waals surface area contributed by atoms with E-state index in [1.54, 1.807) is 24.5 Å². The smallest absolute Gasteiger partial charge is 0.254 e. The summed E-state index contributed by atoms with van der Waals surface area (Å²) in [5.41, 5.74) is 3.22. The number of likely N-dealkylation sites (tertiary alicyclic amines) is 1. The molecule has 0 unspecified atom stereocenters. The zero-order chi connectivity index (χ0) is 19.2. The molecule has 0 radical (unpaired) electrons. The van der Waals surface area contributed by atoms with Gasteiger partial charge in [0, 0.05) is 37.6 Å². The normalized spacial score (nSPS) is 17.2. The molecule has 0 aliphatic carbocycles. The van der Waals surface area contributed by atoms with Gasteiger partial charge in [-0.1, -0.05) is 12.5 Å². The van der Waals surface area contributed by atoms with Crippen molar-refractivity contribution >= 4 is 5.91 Å². The maximum atomic E-state index is 12.7. The van der Waals surface area contributed by atoms with E-state index in [4.69, 9.17) is 4.74 Å². The Morgan fingerprint density at radius 1 is 1.00 bits per heavy atom. The Balaban J connectivity index is 1.28. The molecule has 2 aliphatic heterocycles. The molecule has 148 valence electrons. The minimum atomic E-state index is 0.0751. The van der Waals surface area contributed by atoms with Crippen LogP contribution >= 0.6 is 0 Å². The molecule has 3 heterocycles. The molecule has 2 aliphatic rings. The zero-order valence-electron chi connectivity index (χ0n) is 16.5. The Morgan fingerprint density at radius 3 is 2.64 bits per heavy atom. The summed E-state index contributed by atoms with van der Waals surface area (Å²) >= 11 is 0. The van der Waals surface area contributed by atoms with Crippen molar-refractivity contribution < 1.29 is 9.53 Å². The van der Waals surface area contributed by atoms with Crippen molar-refractivity contribution in [2.24, 2.45) is 0 Å². The second kappa shape index (κ2) is 9.20. The van der Waals surface area contributed by atoms with Gasteiger partial charge in [-0.05, 0) is 74.2 Å². The van der Waals surface area contributed by atoms with Crippen LogP contribution in [0, 0.1) is 0 Å². The number of aromatic nitrogens is 1. The van der Waals surface area contributed by atoms with Gasteiger partial charge in [0.2, 0.25) is 0 Å². The first kappa shape index (κ1) is 18.9. The lowest BCUT2D eigenvalue weighted by molar-refractivity contribution is 0.0734. The van der Waals surface area contributed by atoms with Gasteiger partial charge < -0.3 is 14.5 Å². The predicted octanol–water partition coefficient (Wildman–Crippen LogP) is 3.53. The Bertz CT molecular complexity index is 788. The van der Waals surface area contributed by atoms with E-state index in [0.29, 0.717) is 12.1 Å². The highest BCUT2D eigenvalue weighted by Crippen LogP contribution is 2.25. The number of carbonyl (C=O) groups excluding carboxylic acids is 1.